The van der Waals surface area contributed by atoms with Crippen LogP contribution in [-0.2, 0) is 0 Å². The molecule has 0 bridgehead atoms. The Kier molecular flexibility index (Phi) is 7.91. The average molecular weight is 572 g/mol. The first-order valence-corrected chi connectivity index (χ1v) is 13.6. The quantitative estimate of drug-likeness (QED) is 0.237. The fourth-order valence-electron chi connectivity index (χ4n) is 4.53. The van der Waals surface area contributed by atoms with Crippen molar-refractivity contribution in [2.75, 3.05) is 19.7 Å². The molecule has 202 valence electrons. The number of nitrogens with zero attached hydrogens (tertiary/aromatic N) is 3. The van der Waals surface area contributed by atoms with Gasteiger partial charge in [-0.25, -0.2) is 9.97 Å². The van der Waals surface area contributed by atoms with Crippen molar-refractivity contribution in [2.24, 2.45) is 0 Å². The second kappa shape index (κ2) is 11.4. The van der Waals surface area contributed by atoms with Gasteiger partial charge in [0.05, 0.1) is 15.6 Å². The van der Waals surface area contributed by atoms with Crippen molar-refractivity contribution in [1.82, 2.24) is 14.9 Å². The van der Waals surface area contributed by atoms with E-state index in [4.69, 9.17) is 21.3 Å². The third-order valence-corrected chi connectivity index (χ3v) is 8.10. The topological polar surface area (TPSA) is 55.3 Å². The molecule has 2 aromatic heterocycles. The lowest BCUT2D eigenvalue weighted by atomic mass is 9.97. The molecule has 0 atom stereocenters. The Morgan fingerprint density at radius 1 is 1.05 bits per heavy atom. The van der Waals surface area contributed by atoms with Crippen molar-refractivity contribution in [3.63, 3.8) is 0 Å². The van der Waals surface area contributed by atoms with E-state index < -0.39 is 12.8 Å². The summed E-state index contributed by atoms with van der Waals surface area (Å²) in [6, 6.07) is 18.9. The van der Waals surface area contributed by atoms with Crippen LogP contribution in [0.25, 0.3) is 21.7 Å². The Labute approximate surface area is 233 Å². The SMILES string of the molecule is Cc1ccc(-c2sc(C3CCN(C(=O)c4cccnc4OCC(F)(F)F)CC3)nc2-c2ccc(Cl)cc2)cc1. The Morgan fingerprint density at radius 2 is 1.72 bits per heavy atom. The predicted octanol–water partition coefficient (Wildman–Crippen LogP) is 7.79. The standard InChI is InChI=1S/C29H25ClF3N3O2S/c1-18-4-6-20(7-5-18)25-24(19-8-10-22(30)11-9-19)35-27(39-25)21-12-15-36(16-13-21)28(37)23-3-2-14-34-26(23)38-17-29(31,32)33/h2-11,14,21H,12-13,15-17H2,1H3. The summed E-state index contributed by atoms with van der Waals surface area (Å²) in [5.41, 5.74) is 4.17. The molecule has 2 aromatic carbocycles. The summed E-state index contributed by atoms with van der Waals surface area (Å²) in [7, 11) is 0. The lowest BCUT2D eigenvalue weighted by Gasteiger charge is -2.31. The van der Waals surface area contributed by atoms with Crippen LogP contribution in [0.4, 0.5) is 13.2 Å². The molecule has 0 unspecified atom stereocenters. The van der Waals surface area contributed by atoms with Crippen LogP contribution in [-0.4, -0.2) is 46.6 Å². The fraction of sp³-hybridized carbons (Fsp3) is 0.276. The average Bonchev–Trinajstić information content (AvgIpc) is 3.38. The van der Waals surface area contributed by atoms with Gasteiger partial charge in [-0.2, -0.15) is 13.2 Å². The molecule has 10 heteroatoms. The largest absolute Gasteiger partial charge is 0.467 e. The van der Waals surface area contributed by atoms with Crippen LogP contribution in [0, 0.1) is 6.92 Å². The molecule has 1 saturated heterocycles. The third kappa shape index (κ3) is 6.42. The zero-order chi connectivity index (χ0) is 27.6. The maximum Gasteiger partial charge on any atom is 0.422 e. The number of aryl methyl sites for hydroxylation is 1. The molecule has 5 rings (SSSR count). The van der Waals surface area contributed by atoms with Gasteiger partial charge >= 0.3 is 6.18 Å². The smallest absolute Gasteiger partial charge is 0.422 e. The molecule has 0 spiro atoms. The number of hydrogen-bond donors (Lipinski definition) is 0. The predicted molar refractivity (Wildman–Crippen MR) is 146 cm³/mol. The molecular weight excluding hydrogens is 547 g/mol. The molecule has 0 saturated carbocycles. The van der Waals surface area contributed by atoms with Crippen LogP contribution < -0.4 is 4.74 Å². The maximum absolute atomic E-state index is 13.2. The number of piperidine rings is 1. The van der Waals surface area contributed by atoms with Gasteiger partial charge in [0.25, 0.3) is 5.91 Å². The number of benzene rings is 2. The van der Waals surface area contributed by atoms with Gasteiger partial charge in [-0.05, 0) is 49.6 Å². The number of thiazole rings is 1. The van der Waals surface area contributed by atoms with Gasteiger partial charge in [-0.15, -0.1) is 11.3 Å². The van der Waals surface area contributed by atoms with Gasteiger partial charge in [0.2, 0.25) is 5.88 Å². The lowest BCUT2D eigenvalue weighted by molar-refractivity contribution is -0.154. The monoisotopic (exact) mass is 571 g/mol. The lowest BCUT2D eigenvalue weighted by Crippen LogP contribution is -2.38. The van der Waals surface area contributed by atoms with Crippen LogP contribution in [0.2, 0.25) is 5.02 Å². The number of halogens is 4. The number of amides is 1. The molecular formula is C29H25ClF3N3O2S. The highest BCUT2D eigenvalue weighted by Crippen LogP contribution is 2.42. The summed E-state index contributed by atoms with van der Waals surface area (Å²) < 4.78 is 42.8. The van der Waals surface area contributed by atoms with E-state index in [0.717, 1.165) is 26.7 Å². The van der Waals surface area contributed by atoms with E-state index in [1.54, 1.807) is 16.2 Å². The molecule has 39 heavy (non-hydrogen) atoms. The first-order valence-electron chi connectivity index (χ1n) is 12.5. The first-order chi connectivity index (χ1) is 18.7. The highest BCUT2D eigenvalue weighted by atomic mass is 35.5. The van der Waals surface area contributed by atoms with Crippen LogP contribution in [0.15, 0.2) is 66.9 Å². The van der Waals surface area contributed by atoms with Gasteiger partial charge in [0, 0.05) is 35.8 Å². The summed E-state index contributed by atoms with van der Waals surface area (Å²) in [6.07, 6.45) is -1.84. The molecule has 1 aliphatic heterocycles. The number of pyridine rings is 1. The normalized spacial score (nSPS) is 14.4. The van der Waals surface area contributed by atoms with Crippen LogP contribution in [0.1, 0.15) is 39.7 Å². The van der Waals surface area contributed by atoms with E-state index >= 15 is 0 Å². The number of alkyl halides is 3. The second-order valence-electron chi connectivity index (χ2n) is 9.43. The number of aromatic nitrogens is 2. The van der Waals surface area contributed by atoms with Crippen molar-refractivity contribution < 1.29 is 22.7 Å². The maximum atomic E-state index is 13.2. The van der Waals surface area contributed by atoms with E-state index in [2.05, 4.69) is 29.2 Å². The Bertz CT molecular complexity index is 1390. The molecule has 3 heterocycles. The number of ether oxygens (including phenoxy) is 1. The minimum absolute atomic E-state index is 0.0288. The summed E-state index contributed by atoms with van der Waals surface area (Å²) >= 11 is 7.78. The molecule has 0 aliphatic carbocycles. The van der Waals surface area contributed by atoms with E-state index in [0.29, 0.717) is 31.0 Å². The minimum Gasteiger partial charge on any atom is -0.467 e. The van der Waals surface area contributed by atoms with Gasteiger partial charge in [-0.3, -0.25) is 4.79 Å². The Hall–Kier alpha value is -3.43. The van der Waals surface area contributed by atoms with Crippen molar-refractivity contribution in [2.45, 2.75) is 31.9 Å². The Balaban J connectivity index is 1.34. The van der Waals surface area contributed by atoms with Crippen molar-refractivity contribution in [3.05, 3.63) is 88.0 Å². The van der Waals surface area contributed by atoms with Crippen LogP contribution in [0.3, 0.4) is 0 Å². The van der Waals surface area contributed by atoms with Gasteiger partial charge < -0.3 is 9.64 Å². The van der Waals surface area contributed by atoms with E-state index in [1.165, 1.54) is 23.9 Å². The Morgan fingerprint density at radius 3 is 2.38 bits per heavy atom. The van der Waals surface area contributed by atoms with Gasteiger partial charge in [0.15, 0.2) is 6.61 Å². The molecule has 5 nitrogen and oxygen atoms in total. The summed E-state index contributed by atoms with van der Waals surface area (Å²) in [4.78, 5) is 24.8. The van der Waals surface area contributed by atoms with E-state index in [-0.39, 0.29) is 23.3 Å². The molecule has 1 amide bonds. The number of hydrogen-bond acceptors (Lipinski definition) is 5. The number of rotatable bonds is 6. The number of carbonyl (C=O) groups is 1. The molecule has 0 N–H and O–H groups in total. The fourth-order valence-corrected chi connectivity index (χ4v) is 5.92. The zero-order valence-electron chi connectivity index (χ0n) is 21.0. The van der Waals surface area contributed by atoms with Crippen LogP contribution in [0.5, 0.6) is 5.88 Å². The highest BCUT2D eigenvalue weighted by molar-refractivity contribution is 7.15. The van der Waals surface area contributed by atoms with Crippen molar-refractivity contribution in [1.29, 1.82) is 0 Å². The zero-order valence-corrected chi connectivity index (χ0v) is 22.6. The third-order valence-electron chi connectivity index (χ3n) is 6.58. The summed E-state index contributed by atoms with van der Waals surface area (Å²) in [5, 5.41) is 1.65. The summed E-state index contributed by atoms with van der Waals surface area (Å²) in [5.74, 6) is -0.545. The summed E-state index contributed by atoms with van der Waals surface area (Å²) in [6.45, 7) is 1.45. The molecule has 0 radical (unpaired) electrons. The van der Waals surface area contributed by atoms with E-state index in [1.807, 2.05) is 31.2 Å². The van der Waals surface area contributed by atoms with Gasteiger partial charge in [-0.1, -0.05) is 53.6 Å². The molecule has 1 aliphatic rings. The van der Waals surface area contributed by atoms with Crippen molar-refractivity contribution in [3.8, 4) is 27.6 Å². The minimum atomic E-state index is -4.52. The molecule has 4 aromatic rings. The van der Waals surface area contributed by atoms with E-state index in [9.17, 15) is 18.0 Å². The second-order valence-corrected chi connectivity index (χ2v) is 10.9. The number of likely N-dealkylation sites (tertiary alicyclic amines) is 1. The highest BCUT2D eigenvalue weighted by Gasteiger charge is 2.32. The van der Waals surface area contributed by atoms with Gasteiger partial charge in [0.1, 0.15) is 5.56 Å². The van der Waals surface area contributed by atoms with Crippen molar-refractivity contribution >= 4 is 28.8 Å². The molecule has 1 fully saturated rings. The number of carbonyl (C=O) groups excluding carboxylic acids is 1. The first kappa shape index (κ1) is 27.1. The van der Waals surface area contributed by atoms with Crippen LogP contribution >= 0.6 is 22.9 Å².